The van der Waals surface area contributed by atoms with E-state index in [1.807, 2.05) is 52.0 Å². The van der Waals surface area contributed by atoms with Crippen LogP contribution in [-0.2, 0) is 13.6 Å². The molecular formula is C16H21O4P. The summed E-state index contributed by atoms with van der Waals surface area (Å²) in [6, 6.07) is 7.75. The van der Waals surface area contributed by atoms with Crippen molar-refractivity contribution in [3.05, 3.63) is 35.6 Å². The van der Waals surface area contributed by atoms with E-state index in [2.05, 4.69) is 0 Å². The molecule has 0 aromatic heterocycles. The zero-order chi connectivity index (χ0) is 15.3. The molecule has 0 unspecified atom stereocenters. The Balaban J connectivity index is 1.97. The first-order valence-electron chi connectivity index (χ1n) is 7.11. The van der Waals surface area contributed by atoms with Crippen molar-refractivity contribution in [3.8, 4) is 5.75 Å². The maximum absolute atomic E-state index is 12.8. The van der Waals surface area contributed by atoms with Gasteiger partial charge in [-0.3, -0.25) is 4.57 Å². The molecule has 0 N–H and O–H groups in total. The maximum Gasteiger partial charge on any atom is 0.354 e. The van der Waals surface area contributed by atoms with Crippen LogP contribution >= 0.6 is 7.60 Å². The summed E-state index contributed by atoms with van der Waals surface area (Å²) in [7, 11) is -3.22. The minimum atomic E-state index is -3.22. The van der Waals surface area contributed by atoms with Crippen LogP contribution in [0.15, 0.2) is 30.1 Å². The van der Waals surface area contributed by atoms with E-state index in [1.54, 1.807) is 5.82 Å². The summed E-state index contributed by atoms with van der Waals surface area (Å²) in [6.07, 6.45) is 0. The molecule has 21 heavy (non-hydrogen) atoms. The zero-order valence-corrected chi connectivity index (χ0v) is 13.8. The number of para-hydroxylation sites is 1. The van der Waals surface area contributed by atoms with Crippen molar-refractivity contribution in [2.45, 2.75) is 33.3 Å². The van der Waals surface area contributed by atoms with E-state index in [0.29, 0.717) is 13.2 Å². The topological polar surface area (TPSA) is 44.8 Å². The van der Waals surface area contributed by atoms with E-state index in [-0.39, 0.29) is 5.41 Å². The first-order valence-corrected chi connectivity index (χ1v) is 8.73. The molecule has 0 saturated carbocycles. The van der Waals surface area contributed by atoms with Gasteiger partial charge in [-0.05, 0) is 19.9 Å². The lowest BCUT2D eigenvalue weighted by molar-refractivity contribution is 0.0457. The van der Waals surface area contributed by atoms with E-state index in [4.69, 9.17) is 13.8 Å². The molecule has 0 aliphatic carbocycles. The smallest absolute Gasteiger partial charge is 0.354 e. The van der Waals surface area contributed by atoms with Crippen molar-refractivity contribution >= 4 is 13.2 Å². The summed E-state index contributed by atoms with van der Waals surface area (Å²) in [6.45, 7) is 8.83. The summed E-state index contributed by atoms with van der Waals surface area (Å²) >= 11 is 0. The lowest BCUT2D eigenvalue weighted by Gasteiger charge is -2.33. The van der Waals surface area contributed by atoms with Gasteiger partial charge in [0.15, 0.2) is 0 Å². The number of hydrogen-bond acceptors (Lipinski definition) is 4. The van der Waals surface area contributed by atoms with Gasteiger partial charge in [-0.15, -0.1) is 0 Å². The Morgan fingerprint density at radius 3 is 2.38 bits per heavy atom. The van der Waals surface area contributed by atoms with Crippen LogP contribution in [0.3, 0.4) is 0 Å². The highest BCUT2D eigenvalue weighted by molar-refractivity contribution is 7.57. The first-order chi connectivity index (χ1) is 9.71. The molecule has 0 spiro atoms. The van der Waals surface area contributed by atoms with Gasteiger partial charge in [0.2, 0.25) is 0 Å². The second-order valence-electron chi connectivity index (χ2n) is 6.90. The third kappa shape index (κ3) is 2.80. The van der Waals surface area contributed by atoms with Crippen LogP contribution in [0.4, 0.5) is 0 Å². The molecule has 2 aliphatic rings. The van der Waals surface area contributed by atoms with Gasteiger partial charge in [0.05, 0.1) is 13.2 Å². The third-order valence-electron chi connectivity index (χ3n) is 3.75. The fourth-order valence-corrected chi connectivity index (χ4v) is 4.55. The Kier molecular flexibility index (Phi) is 3.32. The van der Waals surface area contributed by atoms with Crippen molar-refractivity contribution < 1.29 is 18.3 Å². The molecule has 3 rings (SSSR count). The number of fused-ring (bicyclic) bond motifs is 1. The maximum atomic E-state index is 12.8. The molecule has 0 radical (unpaired) electrons. The van der Waals surface area contributed by atoms with Crippen LogP contribution in [0.2, 0.25) is 0 Å². The van der Waals surface area contributed by atoms with Gasteiger partial charge in [-0.25, -0.2) is 0 Å². The van der Waals surface area contributed by atoms with E-state index in [9.17, 15) is 4.57 Å². The number of hydrogen-bond donors (Lipinski definition) is 0. The molecule has 4 nitrogen and oxygen atoms in total. The Bertz CT molecular complexity index is 631. The van der Waals surface area contributed by atoms with E-state index < -0.39 is 13.2 Å². The number of rotatable bonds is 1. The summed E-state index contributed by atoms with van der Waals surface area (Å²) in [5, 5.41) is 0. The molecule has 2 heterocycles. The highest BCUT2D eigenvalue weighted by Gasteiger charge is 2.41. The van der Waals surface area contributed by atoms with Gasteiger partial charge in [-0.2, -0.15) is 0 Å². The van der Waals surface area contributed by atoms with Gasteiger partial charge in [0.25, 0.3) is 0 Å². The van der Waals surface area contributed by atoms with Crippen molar-refractivity contribution in [1.29, 1.82) is 0 Å². The lowest BCUT2D eigenvalue weighted by Crippen LogP contribution is -2.29. The predicted octanol–water partition coefficient (Wildman–Crippen LogP) is 4.46. The number of benzene rings is 1. The van der Waals surface area contributed by atoms with Crippen LogP contribution in [0.1, 0.15) is 33.3 Å². The first kappa shape index (κ1) is 14.8. The Morgan fingerprint density at radius 1 is 1.10 bits per heavy atom. The quantitative estimate of drug-likeness (QED) is 0.718. The second-order valence-corrected chi connectivity index (χ2v) is 8.76. The molecule has 0 atom stereocenters. The normalized spacial score (nSPS) is 27.1. The van der Waals surface area contributed by atoms with Crippen LogP contribution in [-0.4, -0.2) is 18.8 Å². The Hall–Kier alpha value is -1.09. The van der Waals surface area contributed by atoms with Crippen LogP contribution in [0.5, 0.6) is 5.75 Å². The van der Waals surface area contributed by atoms with Crippen LogP contribution in [0.25, 0.3) is 5.57 Å². The fraction of sp³-hybridized carbons (Fsp3) is 0.500. The van der Waals surface area contributed by atoms with Gasteiger partial charge in [0.1, 0.15) is 11.4 Å². The van der Waals surface area contributed by atoms with Crippen molar-refractivity contribution in [1.82, 2.24) is 0 Å². The summed E-state index contributed by atoms with van der Waals surface area (Å²) < 4.78 is 29.8. The molecule has 114 valence electrons. The lowest BCUT2D eigenvalue weighted by atomic mass is 9.96. The molecule has 1 aromatic rings. The molecule has 1 aromatic carbocycles. The van der Waals surface area contributed by atoms with Crippen molar-refractivity contribution in [3.63, 3.8) is 0 Å². The van der Waals surface area contributed by atoms with Gasteiger partial charge < -0.3 is 13.8 Å². The van der Waals surface area contributed by atoms with E-state index in [1.165, 1.54) is 0 Å². The largest absolute Gasteiger partial charge is 0.482 e. The second kappa shape index (κ2) is 4.70. The summed E-state index contributed by atoms with van der Waals surface area (Å²) in [5.74, 6) is 2.44. The highest BCUT2D eigenvalue weighted by Crippen LogP contribution is 2.59. The average Bonchev–Trinajstić information content (AvgIpc) is 2.65. The number of ether oxygens (including phenoxy) is 1. The van der Waals surface area contributed by atoms with Gasteiger partial charge in [0, 0.05) is 22.4 Å². The van der Waals surface area contributed by atoms with Gasteiger partial charge in [-0.1, -0.05) is 32.0 Å². The Morgan fingerprint density at radius 2 is 1.71 bits per heavy atom. The molecule has 0 bridgehead atoms. The van der Waals surface area contributed by atoms with Crippen molar-refractivity contribution in [2.75, 3.05) is 13.2 Å². The Labute approximate surface area is 125 Å². The monoisotopic (exact) mass is 308 g/mol. The molecule has 1 fully saturated rings. The van der Waals surface area contributed by atoms with E-state index >= 15 is 0 Å². The molecule has 5 heteroatoms. The summed E-state index contributed by atoms with van der Waals surface area (Å²) in [4.78, 5) is 0. The van der Waals surface area contributed by atoms with Crippen LogP contribution in [0, 0.1) is 5.41 Å². The predicted molar refractivity (Wildman–Crippen MR) is 82.4 cm³/mol. The molecule has 0 amide bonds. The minimum absolute atomic E-state index is 0.105. The molecule has 2 aliphatic heterocycles. The standard InChI is InChI=1S/C16H21O4P/c1-15(2)10-18-21(17,19-11-15)9-13-12-7-5-6-8-14(12)20-16(13,3)4/h5-9H,10-11H2,1-4H3/b13-9+. The van der Waals surface area contributed by atoms with Crippen LogP contribution < -0.4 is 4.74 Å². The average molecular weight is 308 g/mol. The van der Waals surface area contributed by atoms with Gasteiger partial charge >= 0.3 is 7.60 Å². The summed E-state index contributed by atoms with van der Waals surface area (Å²) in [5.41, 5.74) is 1.17. The minimum Gasteiger partial charge on any atom is -0.482 e. The van der Waals surface area contributed by atoms with Crippen molar-refractivity contribution in [2.24, 2.45) is 5.41 Å². The zero-order valence-electron chi connectivity index (χ0n) is 12.9. The SMILES string of the molecule is CC1(C)COP(=O)(/C=C2\c3ccccc3OC2(C)C)OC1. The van der Waals surface area contributed by atoms with E-state index in [0.717, 1.165) is 16.9 Å². The molecular weight excluding hydrogens is 287 g/mol. The third-order valence-corrected chi connectivity index (χ3v) is 5.30. The highest BCUT2D eigenvalue weighted by atomic mass is 31.2. The molecule has 1 saturated heterocycles. The fourth-order valence-electron chi connectivity index (χ4n) is 2.50.